The monoisotopic (exact) mass is 525 g/mol. The van der Waals surface area contributed by atoms with Crippen LogP contribution in [0.3, 0.4) is 0 Å². The Balaban J connectivity index is 0.00000342. The van der Waals surface area contributed by atoms with E-state index in [0.29, 0.717) is 19.4 Å². The highest BCUT2D eigenvalue weighted by Gasteiger charge is 2.54. The topological polar surface area (TPSA) is 112 Å². The Kier molecular flexibility index (Phi) is 8.82. The predicted molar refractivity (Wildman–Crippen MR) is 139 cm³/mol. The van der Waals surface area contributed by atoms with E-state index in [-0.39, 0.29) is 41.8 Å². The van der Waals surface area contributed by atoms with E-state index < -0.39 is 23.5 Å². The van der Waals surface area contributed by atoms with Gasteiger partial charge in [0.2, 0.25) is 11.8 Å². The van der Waals surface area contributed by atoms with E-state index in [4.69, 9.17) is 4.74 Å². The highest BCUT2D eigenvalue weighted by atomic mass is 35.5. The van der Waals surface area contributed by atoms with Crippen molar-refractivity contribution in [2.24, 2.45) is 5.41 Å². The van der Waals surface area contributed by atoms with Gasteiger partial charge in [-0.15, -0.1) is 24.2 Å². The van der Waals surface area contributed by atoms with Gasteiger partial charge in [-0.25, -0.2) is 4.79 Å². The molecule has 0 aromatic heterocycles. The maximum absolute atomic E-state index is 13.7. The number of nitrogens with zero attached hydrogens (tertiary/aromatic N) is 1. The molecule has 9 nitrogen and oxygen atoms in total. The zero-order valence-corrected chi connectivity index (χ0v) is 22.3. The molecule has 5 atom stereocenters. The van der Waals surface area contributed by atoms with Crippen LogP contribution in [0.25, 0.3) is 0 Å². The zero-order chi connectivity index (χ0) is 24.5. The Hall–Kier alpha value is -2.17. The predicted octanol–water partition coefficient (Wildman–Crippen LogP) is 2.37. The van der Waals surface area contributed by atoms with Crippen molar-refractivity contribution in [3.05, 3.63) is 29.8 Å². The number of thioether (sulfide) groups is 1. The minimum atomic E-state index is -0.672. The maximum Gasteiger partial charge on any atom is 0.316 e. The highest BCUT2D eigenvalue weighted by molar-refractivity contribution is 7.99. The van der Waals surface area contributed by atoms with E-state index in [1.54, 1.807) is 23.7 Å². The van der Waals surface area contributed by atoms with Crippen molar-refractivity contribution in [3.63, 3.8) is 0 Å². The number of fused-ring (bicyclic) bond motifs is 2. The van der Waals surface area contributed by atoms with Crippen LogP contribution in [0.4, 0.5) is 4.79 Å². The molecule has 35 heavy (non-hydrogen) atoms. The van der Waals surface area contributed by atoms with Crippen LogP contribution in [0.2, 0.25) is 0 Å². The molecular formula is C24H36ClN5O4S. The van der Waals surface area contributed by atoms with Crippen LogP contribution in [-0.4, -0.2) is 65.8 Å². The van der Waals surface area contributed by atoms with E-state index in [9.17, 15) is 14.4 Å². The van der Waals surface area contributed by atoms with Crippen molar-refractivity contribution >= 4 is 42.0 Å². The second-order valence-electron chi connectivity index (χ2n) is 9.87. The van der Waals surface area contributed by atoms with Gasteiger partial charge in [0.05, 0.1) is 24.2 Å². The Morgan fingerprint density at radius 1 is 1.17 bits per heavy atom. The molecule has 3 aliphatic rings. The van der Waals surface area contributed by atoms with Crippen molar-refractivity contribution in [1.29, 1.82) is 0 Å². The lowest BCUT2D eigenvalue weighted by Gasteiger charge is -2.36. The smallest absolute Gasteiger partial charge is 0.316 e. The zero-order valence-electron chi connectivity index (χ0n) is 20.6. The fourth-order valence-electron chi connectivity index (χ4n) is 5.06. The van der Waals surface area contributed by atoms with E-state index >= 15 is 0 Å². The van der Waals surface area contributed by atoms with Crippen molar-refractivity contribution < 1.29 is 19.1 Å². The minimum absolute atomic E-state index is 0. The van der Waals surface area contributed by atoms with Gasteiger partial charge < -0.3 is 30.9 Å². The molecule has 0 bridgehead atoms. The summed E-state index contributed by atoms with van der Waals surface area (Å²) in [6.45, 7) is 6.43. The number of urea groups is 1. The number of carbonyl (C=O) groups excluding carboxylic acids is 3. The lowest BCUT2D eigenvalue weighted by molar-refractivity contribution is -0.142. The summed E-state index contributed by atoms with van der Waals surface area (Å²) < 4.78 is 5.74. The first kappa shape index (κ1) is 27.4. The third-order valence-electron chi connectivity index (χ3n) is 6.91. The summed E-state index contributed by atoms with van der Waals surface area (Å²) in [5.41, 5.74) is 0.563. The first-order chi connectivity index (χ1) is 16.2. The summed E-state index contributed by atoms with van der Waals surface area (Å²) >= 11 is 1.69. The third-order valence-corrected chi connectivity index (χ3v) is 8.16. The SMILES string of the molecule is CN[C@@H](C)NC(=O)N[C@H]1CCSC2CC(C)(C)[C@@H](C(=O)NC3CCOc4ccccc43)N2C1=O.Cl. The van der Waals surface area contributed by atoms with Gasteiger partial charge in [0, 0.05) is 12.0 Å². The average Bonchev–Trinajstić information content (AvgIpc) is 2.99. The lowest BCUT2D eigenvalue weighted by Crippen LogP contribution is -2.58. The molecule has 0 aliphatic carbocycles. The fourth-order valence-corrected chi connectivity index (χ4v) is 6.64. The molecule has 2 fully saturated rings. The molecule has 1 aromatic rings. The first-order valence-electron chi connectivity index (χ1n) is 11.9. The minimum Gasteiger partial charge on any atom is -0.493 e. The molecule has 2 saturated heterocycles. The summed E-state index contributed by atoms with van der Waals surface area (Å²) in [5.74, 6) is 1.17. The molecule has 194 valence electrons. The largest absolute Gasteiger partial charge is 0.493 e. The number of ether oxygens (including phenoxy) is 1. The van der Waals surface area contributed by atoms with E-state index in [1.807, 2.05) is 45.0 Å². The molecule has 4 rings (SSSR count). The summed E-state index contributed by atoms with van der Waals surface area (Å²) in [7, 11) is 1.75. The highest BCUT2D eigenvalue weighted by Crippen LogP contribution is 2.46. The Labute approximate surface area is 217 Å². The van der Waals surface area contributed by atoms with E-state index in [1.165, 1.54) is 0 Å². The summed E-state index contributed by atoms with van der Waals surface area (Å²) in [5, 5.41) is 11.6. The Morgan fingerprint density at radius 3 is 2.66 bits per heavy atom. The van der Waals surface area contributed by atoms with E-state index in [0.717, 1.165) is 23.5 Å². The van der Waals surface area contributed by atoms with Crippen LogP contribution in [0.5, 0.6) is 5.75 Å². The van der Waals surface area contributed by atoms with Crippen LogP contribution in [0.1, 0.15) is 51.6 Å². The summed E-state index contributed by atoms with van der Waals surface area (Å²) in [6.07, 6.45) is 1.70. The second-order valence-corrected chi connectivity index (χ2v) is 11.2. The molecule has 2 unspecified atom stereocenters. The normalized spacial score (nSPS) is 27.8. The molecule has 0 saturated carbocycles. The first-order valence-corrected chi connectivity index (χ1v) is 13.0. The van der Waals surface area contributed by atoms with Gasteiger partial charge >= 0.3 is 6.03 Å². The van der Waals surface area contributed by atoms with Gasteiger partial charge in [-0.2, -0.15) is 0 Å². The maximum atomic E-state index is 13.7. The van der Waals surface area contributed by atoms with Crippen molar-refractivity contribution in [2.45, 2.75) is 69.7 Å². The molecule has 0 spiro atoms. The number of hydrogen-bond donors (Lipinski definition) is 4. The standard InChI is InChI=1S/C24H35N5O4S.ClH/c1-14(25-4)26-23(32)28-17-10-12-34-19-13-24(2,3)20(29(19)22(17)31)21(30)27-16-9-11-33-18-8-6-5-7-15(16)18;/h5-8,14,16-17,19-20,25H,9-13H2,1-4H3,(H,27,30)(H2,26,28,32);1H/t14-,16?,17+,19?,20-;/m1./s1. The molecule has 3 heterocycles. The molecule has 0 radical (unpaired) electrons. The number of nitrogens with one attached hydrogen (secondary N) is 4. The van der Waals surface area contributed by atoms with Gasteiger partial charge in [0.15, 0.2) is 0 Å². The Bertz CT molecular complexity index is 948. The van der Waals surface area contributed by atoms with Crippen molar-refractivity contribution in [2.75, 3.05) is 19.4 Å². The van der Waals surface area contributed by atoms with Crippen molar-refractivity contribution in [3.8, 4) is 5.75 Å². The fraction of sp³-hybridized carbons (Fsp3) is 0.625. The molecule has 11 heteroatoms. The number of amides is 4. The Morgan fingerprint density at radius 2 is 1.91 bits per heavy atom. The van der Waals surface area contributed by atoms with Gasteiger partial charge in [-0.3, -0.25) is 9.59 Å². The molecule has 3 aliphatic heterocycles. The quantitative estimate of drug-likeness (QED) is 0.439. The lowest BCUT2D eigenvalue weighted by atomic mass is 9.83. The molecule has 4 amide bonds. The molecule has 1 aromatic carbocycles. The van der Waals surface area contributed by atoms with Crippen LogP contribution < -0.4 is 26.0 Å². The number of halogens is 1. The second kappa shape index (κ2) is 11.3. The van der Waals surface area contributed by atoms with Crippen LogP contribution in [0, 0.1) is 5.41 Å². The molecular weight excluding hydrogens is 490 g/mol. The number of rotatable bonds is 5. The third kappa shape index (κ3) is 5.81. The van der Waals surface area contributed by atoms with Crippen LogP contribution in [-0.2, 0) is 9.59 Å². The van der Waals surface area contributed by atoms with Gasteiger partial charge in [-0.05, 0) is 44.0 Å². The van der Waals surface area contributed by atoms with Crippen LogP contribution >= 0.6 is 24.2 Å². The number of para-hydroxylation sites is 1. The average molecular weight is 526 g/mol. The van der Waals surface area contributed by atoms with Gasteiger partial charge in [-0.1, -0.05) is 32.0 Å². The number of carbonyl (C=O) groups is 3. The van der Waals surface area contributed by atoms with Crippen molar-refractivity contribution in [1.82, 2.24) is 26.2 Å². The number of hydrogen-bond acceptors (Lipinski definition) is 6. The number of benzene rings is 1. The van der Waals surface area contributed by atoms with Gasteiger partial charge in [0.1, 0.15) is 17.8 Å². The molecule has 4 N–H and O–H groups in total. The van der Waals surface area contributed by atoms with Crippen LogP contribution in [0.15, 0.2) is 24.3 Å². The van der Waals surface area contributed by atoms with E-state index in [2.05, 4.69) is 21.3 Å². The summed E-state index contributed by atoms with van der Waals surface area (Å²) in [6, 6.07) is 5.89. The van der Waals surface area contributed by atoms with Gasteiger partial charge in [0.25, 0.3) is 0 Å². The summed E-state index contributed by atoms with van der Waals surface area (Å²) in [4.78, 5) is 41.5.